The van der Waals surface area contributed by atoms with Gasteiger partial charge in [0.15, 0.2) is 5.82 Å². The maximum atomic E-state index is 4.71. The largest absolute Gasteiger partial charge is 0.351 e. The second-order valence-electron chi connectivity index (χ2n) is 6.73. The topological polar surface area (TPSA) is 96.7 Å². The molecule has 2 aliphatic heterocycles. The molecule has 0 bridgehead atoms. The summed E-state index contributed by atoms with van der Waals surface area (Å²) in [6, 6.07) is 8.29. The van der Waals surface area contributed by atoms with Crippen LogP contribution >= 0.6 is 0 Å². The Balaban J connectivity index is 1.51. The highest BCUT2D eigenvalue weighted by atomic mass is 15.5. The van der Waals surface area contributed by atoms with Crippen LogP contribution in [0.4, 0.5) is 17.5 Å². The molecule has 2 aliphatic rings. The van der Waals surface area contributed by atoms with Gasteiger partial charge in [0.05, 0.1) is 16.9 Å². The summed E-state index contributed by atoms with van der Waals surface area (Å²) in [5, 5.41) is 19.0. The Bertz CT molecular complexity index is 943. The van der Waals surface area contributed by atoms with E-state index >= 15 is 0 Å². The minimum absolute atomic E-state index is 0.396. The number of aromatic nitrogens is 6. The molecule has 0 aliphatic carbocycles. The lowest BCUT2D eigenvalue weighted by Gasteiger charge is -2.29. The molecule has 0 radical (unpaired) electrons. The maximum absolute atomic E-state index is 4.71. The molecule has 1 fully saturated rings. The predicted octanol–water partition coefficient (Wildman–Crippen LogP) is 1.68. The second-order valence-corrected chi connectivity index (χ2v) is 6.73. The van der Waals surface area contributed by atoms with Crippen molar-refractivity contribution >= 4 is 17.5 Å². The number of piperidine rings is 1. The highest BCUT2D eigenvalue weighted by Crippen LogP contribution is 2.35. The number of benzene rings is 1. The van der Waals surface area contributed by atoms with E-state index in [0.717, 1.165) is 42.9 Å². The zero-order valence-corrected chi connectivity index (χ0v) is 14.4. The first-order valence-corrected chi connectivity index (χ1v) is 8.75. The first-order chi connectivity index (χ1) is 12.8. The average molecular weight is 349 g/mol. The normalized spacial score (nSPS) is 16.8. The third kappa shape index (κ3) is 2.57. The molecule has 0 spiro atoms. The Hall–Kier alpha value is -3.07. The molecule has 0 unspecified atom stereocenters. The van der Waals surface area contributed by atoms with Crippen LogP contribution in [0.1, 0.15) is 12.8 Å². The van der Waals surface area contributed by atoms with Gasteiger partial charge >= 0.3 is 0 Å². The first-order valence-electron chi connectivity index (χ1n) is 8.75. The molecule has 4 heterocycles. The predicted molar refractivity (Wildman–Crippen MR) is 97.6 cm³/mol. The van der Waals surface area contributed by atoms with Crippen LogP contribution in [0.2, 0.25) is 0 Å². The minimum atomic E-state index is 0.396. The van der Waals surface area contributed by atoms with Crippen molar-refractivity contribution in [2.75, 3.05) is 30.8 Å². The van der Waals surface area contributed by atoms with Gasteiger partial charge in [0, 0.05) is 12.2 Å². The summed E-state index contributed by atoms with van der Waals surface area (Å²) in [6.07, 6.45) is 3.96. The Morgan fingerprint density at radius 2 is 2.04 bits per heavy atom. The van der Waals surface area contributed by atoms with E-state index in [1.165, 1.54) is 0 Å². The minimum Gasteiger partial charge on any atom is -0.351 e. The number of rotatable bonds is 2. The number of fused-ring (bicyclic) bond motifs is 5. The van der Waals surface area contributed by atoms with E-state index in [-0.39, 0.29) is 0 Å². The van der Waals surface area contributed by atoms with Gasteiger partial charge in [-0.1, -0.05) is 12.1 Å². The van der Waals surface area contributed by atoms with E-state index in [0.29, 0.717) is 23.6 Å². The van der Waals surface area contributed by atoms with Gasteiger partial charge in [-0.05, 0) is 55.5 Å². The molecule has 9 nitrogen and oxygen atoms in total. The Kier molecular flexibility index (Phi) is 3.52. The number of nitrogens with zero attached hydrogens (tertiary/aromatic N) is 7. The van der Waals surface area contributed by atoms with E-state index < -0.39 is 0 Å². The van der Waals surface area contributed by atoms with Gasteiger partial charge in [-0.3, -0.25) is 0 Å². The van der Waals surface area contributed by atoms with E-state index in [4.69, 9.17) is 4.98 Å². The van der Waals surface area contributed by atoms with Gasteiger partial charge in [0.2, 0.25) is 5.95 Å². The molecule has 0 atom stereocenters. The smallest absolute Gasteiger partial charge is 0.224 e. The molecule has 132 valence electrons. The molecule has 0 saturated carbocycles. The van der Waals surface area contributed by atoms with Crippen LogP contribution in [0, 0.1) is 0 Å². The molecule has 1 aromatic carbocycles. The zero-order chi connectivity index (χ0) is 17.5. The third-order valence-electron chi connectivity index (χ3n) is 4.94. The summed E-state index contributed by atoms with van der Waals surface area (Å²) in [5.41, 5.74) is 2.57. The molecule has 2 aromatic heterocycles. The molecular formula is C17H19N9. The van der Waals surface area contributed by atoms with Crippen molar-refractivity contribution in [2.45, 2.75) is 18.9 Å². The second kappa shape index (κ2) is 6.03. The van der Waals surface area contributed by atoms with Crippen molar-refractivity contribution in [2.24, 2.45) is 0 Å². The van der Waals surface area contributed by atoms with Crippen LogP contribution in [-0.2, 0) is 0 Å². The number of hydrogen-bond acceptors (Lipinski definition) is 8. The Morgan fingerprint density at radius 3 is 2.92 bits per heavy atom. The fourth-order valence-electron chi connectivity index (χ4n) is 3.45. The number of nitrogens with one attached hydrogen (secondary N) is 2. The van der Waals surface area contributed by atoms with Crippen LogP contribution < -0.4 is 10.6 Å². The lowest BCUT2D eigenvalue weighted by atomic mass is 10.1. The highest BCUT2D eigenvalue weighted by Gasteiger charge is 2.24. The summed E-state index contributed by atoms with van der Waals surface area (Å²) in [4.78, 5) is 11.6. The number of anilines is 3. The summed E-state index contributed by atoms with van der Waals surface area (Å²) in [6.45, 7) is 2.17. The van der Waals surface area contributed by atoms with Crippen LogP contribution in [0.15, 0.2) is 30.5 Å². The van der Waals surface area contributed by atoms with Gasteiger partial charge in [0.25, 0.3) is 0 Å². The molecule has 2 N–H and O–H groups in total. The van der Waals surface area contributed by atoms with Gasteiger partial charge in [-0.15, -0.1) is 5.10 Å². The lowest BCUT2D eigenvalue weighted by Crippen LogP contribution is -2.37. The van der Waals surface area contributed by atoms with Crippen molar-refractivity contribution in [3.8, 4) is 17.1 Å². The lowest BCUT2D eigenvalue weighted by molar-refractivity contribution is 0.263. The molecule has 1 saturated heterocycles. The summed E-state index contributed by atoms with van der Waals surface area (Å²) >= 11 is 0. The fourth-order valence-corrected chi connectivity index (χ4v) is 3.45. The van der Waals surface area contributed by atoms with Crippen molar-refractivity contribution in [3.63, 3.8) is 0 Å². The standard InChI is InChI=1S/C17H19N9/c1-25-8-6-11(7-9-25)19-17-18-10-12-15(21-17)20-13-4-2-3-5-14(13)26-16(12)22-23-24-26/h2-5,10-11H,6-9H2,1H3,(H2,18,19,20,21). The van der Waals surface area contributed by atoms with Crippen LogP contribution in [-0.4, -0.2) is 61.3 Å². The third-order valence-corrected chi connectivity index (χ3v) is 4.94. The maximum Gasteiger partial charge on any atom is 0.224 e. The zero-order valence-electron chi connectivity index (χ0n) is 14.4. The van der Waals surface area contributed by atoms with E-state index in [9.17, 15) is 0 Å². The molecule has 5 rings (SSSR count). The monoisotopic (exact) mass is 349 g/mol. The molecule has 9 heteroatoms. The van der Waals surface area contributed by atoms with Crippen molar-refractivity contribution in [3.05, 3.63) is 30.5 Å². The molecular weight excluding hydrogens is 330 g/mol. The Labute approximate surface area is 150 Å². The van der Waals surface area contributed by atoms with Crippen LogP contribution in [0.5, 0.6) is 0 Å². The SMILES string of the molecule is CN1CCC(Nc2ncc3c(n2)Nc2ccccc2-n2nnnc2-3)CC1. The number of tetrazole rings is 1. The van der Waals surface area contributed by atoms with Gasteiger partial charge in [-0.2, -0.15) is 9.67 Å². The quantitative estimate of drug-likeness (QED) is 0.564. The number of hydrogen-bond donors (Lipinski definition) is 2. The molecule has 0 amide bonds. The summed E-state index contributed by atoms with van der Waals surface area (Å²) in [7, 11) is 2.15. The number of likely N-dealkylation sites (tertiary alicyclic amines) is 1. The first kappa shape index (κ1) is 15.2. The summed E-state index contributed by atoms with van der Waals surface area (Å²) < 4.78 is 1.71. The van der Waals surface area contributed by atoms with Crippen LogP contribution in [0.3, 0.4) is 0 Å². The van der Waals surface area contributed by atoms with E-state index in [1.54, 1.807) is 10.9 Å². The Morgan fingerprint density at radius 1 is 1.19 bits per heavy atom. The fraction of sp³-hybridized carbons (Fsp3) is 0.353. The van der Waals surface area contributed by atoms with Gasteiger partial charge in [-0.25, -0.2) is 4.98 Å². The molecule has 3 aromatic rings. The van der Waals surface area contributed by atoms with Crippen molar-refractivity contribution in [1.29, 1.82) is 0 Å². The van der Waals surface area contributed by atoms with Gasteiger partial charge < -0.3 is 15.5 Å². The van der Waals surface area contributed by atoms with Crippen molar-refractivity contribution in [1.82, 2.24) is 35.1 Å². The highest BCUT2D eigenvalue weighted by molar-refractivity contribution is 5.81. The van der Waals surface area contributed by atoms with Gasteiger partial charge in [0.1, 0.15) is 5.82 Å². The van der Waals surface area contributed by atoms with E-state index in [2.05, 4.69) is 43.1 Å². The van der Waals surface area contributed by atoms with Crippen molar-refractivity contribution < 1.29 is 0 Å². The molecule has 26 heavy (non-hydrogen) atoms. The summed E-state index contributed by atoms with van der Waals surface area (Å²) in [5.74, 6) is 1.96. The van der Waals surface area contributed by atoms with Crippen LogP contribution in [0.25, 0.3) is 17.1 Å². The number of para-hydroxylation sites is 2. The average Bonchev–Trinajstić information content (AvgIpc) is 3.09. The van der Waals surface area contributed by atoms with E-state index in [1.807, 2.05) is 24.3 Å².